The summed E-state index contributed by atoms with van der Waals surface area (Å²) in [5.74, 6) is 0. The summed E-state index contributed by atoms with van der Waals surface area (Å²) in [6.07, 6.45) is 2.46. The van der Waals surface area contributed by atoms with Crippen LogP contribution in [0.4, 0.5) is 5.69 Å². The van der Waals surface area contributed by atoms with E-state index in [2.05, 4.69) is 5.53 Å². The highest BCUT2D eigenvalue weighted by Crippen LogP contribution is 2.32. The number of rotatable bonds is 2. The van der Waals surface area contributed by atoms with E-state index in [1.165, 1.54) is 5.01 Å². The number of amides is 1. The molecule has 2 aliphatic heterocycles. The van der Waals surface area contributed by atoms with Crippen LogP contribution >= 0.6 is 11.6 Å². The maximum absolute atomic E-state index is 11.0. The van der Waals surface area contributed by atoms with Gasteiger partial charge in [-0.3, -0.25) is 14.8 Å². The number of hydrogen-bond donors (Lipinski definition) is 1. The molecular formula is C17H13ClN4O. The summed E-state index contributed by atoms with van der Waals surface area (Å²) >= 11 is 6.21. The minimum absolute atomic E-state index is 0.466. The van der Waals surface area contributed by atoms with Crippen molar-refractivity contribution in [1.82, 2.24) is 10.5 Å². The average molecular weight is 325 g/mol. The molecule has 2 heterocycles. The number of nitrogens with one attached hydrogen (secondary N) is 1. The van der Waals surface area contributed by atoms with Gasteiger partial charge in [-0.05, 0) is 18.2 Å². The minimum atomic E-state index is 0.466. The molecule has 0 radical (unpaired) electrons. The number of benzene rings is 2. The SMILES string of the molecule is O=CN1C=C2CN=C(c3ccccc3)c3cc(Cl)ccc3N2N1. The predicted octanol–water partition coefficient (Wildman–Crippen LogP) is 2.73. The van der Waals surface area contributed by atoms with Gasteiger partial charge in [-0.15, -0.1) is 5.53 Å². The van der Waals surface area contributed by atoms with E-state index in [0.29, 0.717) is 11.6 Å². The van der Waals surface area contributed by atoms with E-state index in [1.54, 1.807) is 6.20 Å². The number of hydrazine groups is 2. The van der Waals surface area contributed by atoms with Crippen molar-refractivity contribution in [2.75, 3.05) is 11.6 Å². The Morgan fingerprint density at radius 2 is 2.00 bits per heavy atom. The number of fused-ring (bicyclic) bond motifs is 3. The molecule has 0 aliphatic carbocycles. The zero-order chi connectivity index (χ0) is 15.8. The van der Waals surface area contributed by atoms with Gasteiger partial charge in [0.05, 0.1) is 23.6 Å². The fourth-order valence-corrected chi connectivity index (χ4v) is 2.95. The molecule has 0 fully saturated rings. The molecule has 0 spiro atoms. The van der Waals surface area contributed by atoms with Gasteiger partial charge in [0.1, 0.15) is 0 Å². The molecule has 2 aromatic carbocycles. The lowest BCUT2D eigenvalue weighted by Crippen LogP contribution is -2.40. The Balaban J connectivity index is 1.90. The number of nitrogens with zero attached hydrogens (tertiary/aromatic N) is 3. The molecule has 2 aromatic rings. The molecule has 0 atom stereocenters. The van der Waals surface area contributed by atoms with E-state index in [4.69, 9.17) is 16.6 Å². The quantitative estimate of drug-likeness (QED) is 0.864. The van der Waals surface area contributed by atoms with Gasteiger partial charge in [-0.25, -0.2) is 5.01 Å². The van der Waals surface area contributed by atoms with Gasteiger partial charge in [-0.2, -0.15) is 0 Å². The minimum Gasteiger partial charge on any atom is -0.278 e. The van der Waals surface area contributed by atoms with Crippen molar-refractivity contribution < 1.29 is 4.79 Å². The van der Waals surface area contributed by atoms with E-state index < -0.39 is 0 Å². The lowest BCUT2D eigenvalue weighted by molar-refractivity contribution is -0.117. The van der Waals surface area contributed by atoms with Gasteiger partial charge >= 0.3 is 0 Å². The molecule has 114 valence electrons. The van der Waals surface area contributed by atoms with Gasteiger partial charge in [-0.1, -0.05) is 41.9 Å². The lowest BCUT2D eigenvalue weighted by Gasteiger charge is -2.23. The van der Waals surface area contributed by atoms with Crippen molar-refractivity contribution in [3.05, 3.63) is 76.6 Å². The Hall–Kier alpha value is -2.63. The molecule has 0 unspecified atom stereocenters. The molecule has 23 heavy (non-hydrogen) atoms. The predicted molar refractivity (Wildman–Crippen MR) is 90.0 cm³/mol. The normalized spacial score (nSPS) is 16.2. The largest absolute Gasteiger partial charge is 0.278 e. The van der Waals surface area contributed by atoms with E-state index in [-0.39, 0.29) is 0 Å². The highest BCUT2D eigenvalue weighted by atomic mass is 35.5. The number of carbonyl (C=O) groups excluding carboxylic acids is 1. The highest BCUT2D eigenvalue weighted by molar-refractivity contribution is 6.31. The maximum atomic E-state index is 11.0. The second kappa shape index (κ2) is 5.53. The molecule has 0 saturated carbocycles. The van der Waals surface area contributed by atoms with Gasteiger partial charge in [0.15, 0.2) is 0 Å². The van der Waals surface area contributed by atoms with Gasteiger partial charge in [0.25, 0.3) is 0 Å². The van der Waals surface area contributed by atoms with Crippen LogP contribution in [0.25, 0.3) is 0 Å². The number of halogens is 1. The highest BCUT2D eigenvalue weighted by Gasteiger charge is 2.28. The fraction of sp³-hybridized carbons (Fsp3) is 0.0588. The summed E-state index contributed by atoms with van der Waals surface area (Å²) in [7, 11) is 0. The average Bonchev–Trinajstić information content (AvgIpc) is 2.93. The zero-order valence-electron chi connectivity index (χ0n) is 12.1. The zero-order valence-corrected chi connectivity index (χ0v) is 12.9. The fourth-order valence-electron chi connectivity index (χ4n) is 2.78. The first kappa shape index (κ1) is 14.0. The van der Waals surface area contributed by atoms with E-state index in [1.807, 2.05) is 53.5 Å². The van der Waals surface area contributed by atoms with Crippen LogP contribution in [0.5, 0.6) is 0 Å². The first-order chi connectivity index (χ1) is 11.3. The van der Waals surface area contributed by atoms with Crippen molar-refractivity contribution in [2.45, 2.75) is 0 Å². The maximum Gasteiger partial charge on any atom is 0.229 e. The van der Waals surface area contributed by atoms with Crippen LogP contribution in [0.3, 0.4) is 0 Å². The van der Waals surface area contributed by atoms with Crippen LogP contribution in [-0.2, 0) is 4.79 Å². The second-order valence-corrected chi connectivity index (χ2v) is 5.70. The third-order valence-electron chi connectivity index (χ3n) is 3.81. The molecule has 1 amide bonds. The standard InChI is InChI=1S/C17H13ClN4O/c18-13-6-7-16-15(8-13)17(12-4-2-1-3-5-12)19-9-14-10-21(11-23)20-22(14)16/h1-8,10-11,20H,9H2. The van der Waals surface area contributed by atoms with Crippen molar-refractivity contribution >= 4 is 29.4 Å². The Bertz CT molecular complexity index is 832. The first-order valence-electron chi connectivity index (χ1n) is 7.17. The van der Waals surface area contributed by atoms with Crippen LogP contribution in [0.1, 0.15) is 11.1 Å². The third-order valence-corrected chi connectivity index (χ3v) is 4.04. The van der Waals surface area contributed by atoms with E-state index >= 15 is 0 Å². The third kappa shape index (κ3) is 2.40. The summed E-state index contributed by atoms with van der Waals surface area (Å²) in [4.78, 5) is 15.8. The molecule has 0 aromatic heterocycles. The van der Waals surface area contributed by atoms with Gasteiger partial charge in [0, 0.05) is 22.3 Å². The van der Waals surface area contributed by atoms with Crippen LogP contribution in [0, 0.1) is 0 Å². The smallest absolute Gasteiger partial charge is 0.229 e. The molecule has 1 N–H and O–H groups in total. The van der Waals surface area contributed by atoms with Crippen LogP contribution in [0.15, 0.2) is 65.4 Å². The van der Waals surface area contributed by atoms with E-state index in [0.717, 1.165) is 34.6 Å². The summed E-state index contributed by atoms with van der Waals surface area (Å²) in [6.45, 7) is 0.466. The summed E-state index contributed by atoms with van der Waals surface area (Å²) in [6, 6.07) is 15.7. The molecule has 0 saturated heterocycles. The van der Waals surface area contributed by atoms with Crippen LogP contribution in [-0.4, -0.2) is 23.7 Å². The van der Waals surface area contributed by atoms with Gasteiger partial charge < -0.3 is 0 Å². The summed E-state index contributed by atoms with van der Waals surface area (Å²) in [5.41, 5.74) is 7.67. The number of hydrogen-bond acceptors (Lipinski definition) is 4. The van der Waals surface area contributed by atoms with Gasteiger partial charge in [0.2, 0.25) is 6.41 Å². The van der Waals surface area contributed by atoms with Crippen LogP contribution < -0.4 is 10.5 Å². The molecule has 5 nitrogen and oxygen atoms in total. The van der Waals surface area contributed by atoms with Crippen molar-refractivity contribution in [1.29, 1.82) is 0 Å². The molecule has 2 aliphatic rings. The molecule has 6 heteroatoms. The summed E-state index contributed by atoms with van der Waals surface area (Å²) < 4.78 is 0. The Kier molecular flexibility index (Phi) is 3.37. The van der Waals surface area contributed by atoms with E-state index in [9.17, 15) is 4.79 Å². The number of carbonyl (C=O) groups is 1. The Morgan fingerprint density at radius 3 is 2.78 bits per heavy atom. The van der Waals surface area contributed by atoms with Crippen molar-refractivity contribution in [3.8, 4) is 0 Å². The Labute approximate surface area is 138 Å². The topological polar surface area (TPSA) is 47.9 Å². The molecule has 0 bridgehead atoms. The second-order valence-electron chi connectivity index (χ2n) is 5.26. The number of anilines is 1. The summed E-state index contributed by atoms with van der Waals surface area (Å²) in [5, 5.41) is 3.88. The monoisotopic (exact) mass is 324 g/mol. The lowest BCUT2D eigenvalue weighted by atomic mass is 10.0. The van der Waals surface area contributed by atoms with Crippen LogP contribution in [0.2, 0.25) is 5.02 Å². The van der Waals surface area contributed by atoms with Crippen molar-refractivity contribution in [3.63, 3.8) is 0 Å². The first-order valence-corrected chi connectivity index (χ1v) is 7.54. The molecule has 4 rings (SSSR count). The number of aliphatic imine (C=N–C) groups is 1. The van der Waals surface area contributed by atoms with Crippen molar-refractivity contribution in [2.24, 2.45) is 4.99 Å². The molecular weight excluding hydrogens is 312 g/mol. The Morgan fingerprint density at radius 1 is 1.17 bits per heavy atom.